The summed E-state index contributed by atoms with van der Waals surface area (Å²) >= 11 is 6.34. The van der Waals surface area contributed by atoms with E-state index in [0.29, 0.717) is 12.0 Å². The molecule has 0 aromatic heterocycles. The number of halogens is 2. The molecule has 0 amide bonds. The highest BCUT2D eigenvalue weighted by Crippen LogP contribution is 2.36. The van der Waals surface area contributed by atoms with Crippen LogP contribution in [0, 0.1) is 0 Å². The zero-order chi connectivity index (χ0) is 13.2. The van der Waals surface area contributed by atoms with Crippen LogP contribution >= 0.6 is 11.6 Å². The summed E-state index contributed by atoms with van der Waals surface area (Å²) in [6, 6.07) is 17.5. The summed E-state index contributed by atoms with van der Waals surface area (Å²) in [5, 5.41) is 0.919. The smallest absolute Gasteiger partial charge is 0.0919 e. The first-order valence-electron chi connectivity index (χ1n) is 6.90. The molecule has 0 radical (unpaired) electrons. The van der Waals surface area contributed by atoms with Gasteiger partial charge in [0.15, 0.2) is 0 Å². The first kappa shape index (κ1) is 15.4. The van der Waals surface area contributed by atoms with E-state index in [1.807, 2.05) is 6.07 Å². The third-order valence-corrected chi connectivity index (χ3v) is 4.54. The predicted octanol–water partition coefficient (Wildman–Crippen LogP) is 0.227. The van der Waals surface area contributed by atoms with Crippen molar-refractivity contribution in [3.63, 3.8) is 0 Å². The normalized spacial score (nSPS) is 20.9. The number of benzene rings is 2. The molecule has 106 valence electrons. The SMILES string of the molecule is [Cl-].[NH3+][C@@H]1CCc2c(Cl)cccc2[C@@H]1Cc1ccccc1. The summed E-state index contributed by atoms with van der Waals surface area (Å²) in [4.78, 5) is 0. The monoisotopic (exact) mass is 307 g/mol. The molecule has 0 heterocycles. The fourth-order valence-corrected chi connectivity index (χ4v) is 3.39. The molecule has 20 heavy (non-hydrogen) atoms. The summed E-state index contributed by atoms with van der Waals surface area (Å²) in [6.07, 6.45) is 3.26. The molecule has 0 saturated carbocycles. The molecule has 1 aliphatic rings. The van der Waals surface area contributed by atoms with Crippen LogP contribution in [0.25, 0.3) is 0 Å². The van der Waals surface area contributed by atoms with Gasteiger partial charge in [-0.15, -0.1) is 0 Å². The summed E-state index contributed by atoms with van der Waals surface area (Å²) in [5.41, 5.74) is 8.49. The molecular formula is C17H19Cl2N. The molecular weight excluding hydrogens is 289 g/mol. The second-order valence-corrected chi connectivity index (χ2v) is 5.81. The first-order chi connectivity index (χ1) is 9.25. The minimum Gasteiger partial charge on any atom is -1.00 e. The van der Waals surface area contributed by atoms with Crippen LogP contribution in [0.4, 0.5) is 0 Å². The zero-order valence-corrected chi connectivity index (χ0v) is 12.9. The van der Waals surface area contributed by atoms with Gasteiger partial charge in [-0.1, -0.05) is 54.1 Å². The van der Waals surface area contributed by atoms with Crippen molar-refractivity contribution >= 4 is 11.6 Å². The van der Waals surface area contributed by atoms with Gasteiger partial charge in [0.1, 0.15) is 0 Å². The lowest BCUT2D eigenvalue weighted by Gasteiger charge is -2.29. The van der Waals surface area contributed by atoms with E-state index in [1.54, 1.807) is 0 Å². The molecule has 2 aromatic rings. The van der Waals surface area contributed by atoms with E-state index < -0.39 is 0 Å². The van der Waals surface area contributed by atoms with Crippen molar-refractivity contribution in [3.8, 4) is 0 Å². The van der Waals surface area contributed by atoms with Gasteiger partial charge in [-0.3, -0.25) is 0 Å². The number of hydrogen-bond donors (Lipinski definition) is 1. The maximum atomic E-state index is 6.34. The molecule has 3 rings (SSSR count). The molecule has 1 nitrogen and oxygen atoms in total. The third kappa shape index (κ3) is 3.01. The van der Waals surface area contributed by atoms with E-state index in [4.69, 9.17) is 11.6 Å². The lowest BCUT2D eigenvalue weighted by molar-refractivity contribution is -0.428. The van der Waals surface area contributed by atoms with Gasteiger partial charge in [0, 0.05) is 17.4 Å². The molecule has 0 unspecified atom stereocenters. The van der Waals surface area contributed by atoms with Gasteiger partial charge in [0.25, 0.3) is 0 Å². The highest BCUT2D eigenvalue weighted by molar-refractivity contribution is 6.31. The molecule has 0 saturated heterocycles. The van der Waals surface area contributed by atoms with Gasteiger partial charge in [-0.05, 0) is 35.6 Å². The maximum Gasteiger partial charge on any atom is 0.0919 e. The molecule has 0 bridgehead atoms. The zero-order valence-electron chi connectivity index (χ0n) is 11.4. The number of fused-ring (bicyclic) bond motifs is 1. The maximum absolute atomic E-state index is 6.34. The van der Waals surface area contributed by atoms with Crippen molar-refractivity contribution < 1.29 is 18.1 Å². The van der Waals surface area contributed by atoms with Crippen molar-refractivity contribution in [3.05, 3.63) is 70.2 Å². The van der Waals surface area contributed by atoms with Crippen molar-refractivity contribution in [2.45, 2.75) is 31.2 Å². The van der Waals surface area contributed by atoms with Crippen molar-refractivity contribution in [1.29, 1.82) is 0 Å². The van der Waals surface area contributed by atoms with Crippen LogP contribution in [0.1, 0.15) is 29.0 Å². The topological polar surface area (TPSA) is 27.6 Å². The van der Waals surface area contributed by atoms with Gasteiger partial charge in [0.05, 0.1) is 6.04 Å². The second kappa shape index (κ2) is 6.62. The minimum atomic E-state index is 0. The molecule has 3 heteroatoms. The van der Waals surface area contributed by atoms with Gasteiger partial charge in [0.2, 0.25) is 0 Å². The van der Waals surface area contributed by atoms with Crippen LogP contribution in [-0.2, 0) is 12.8 Å². The Labute approximate surface area is 131 Å². The standard InChI is InChI=1S/C17H18ClN.ClH/c18-16-8-4-7-13-14(16)9-10-17(19)15(13)11-12-5-2-1-3-6-12;/h1-8,15,17H,9-11,19H2;1H/t15-,17+;/m0./s1. The Morgan fingerprint density at radius 2 is 1.80 bits per heavy atom. The molecule has 0 spiro atoms. The Bertz CT molecular complexity index is 568. The molecule has 0 aliphatic heterocycles. The highest BCUT2D eigenvalue weighted by Gasteiger charge is 2.30. The van der Waals surface area contributed by atoms with E-state index in [1.165, 1.54) is 16.7 Å². The minimum absolute atomic E-state index is 0. The summed E-state index contributed by atoms with van der Waals surface area (Å²) < 4.78 is 0. The lowest BCUT2D eigenvalue weighted by atomic mass is 9.76. The molecule has 1 aliphatic carbocycles. The van der Waals surface area contributed by atoms with Crippen molar-refractivity contribution in [2.75, 3.05) is 0 Å². The van der Waals surface area contributed by atoms with E-state index in [-0.39, 0.29) is 12.4 Å². The largest absolute Gasteiger partial charge is 1.00 e. The Kier molecular flexibility index (Phi) is 5.09. The van der Waals surface area contributed by atoms with Crippen molar-refractivity contribution in [1.82, 2.24) is 0 Å². The van der Waals surface area contributed by atoms with Gasteiger partial charge in [-0.25, -0.2) is 0 Å². The first-order valence-corrected chi connectivity index (χ1v) is 7.28. The van der Waals surface area contributed by atoms with Gasteiger partial charge < -0.3 is 18.1 Å². The van der Waals surface area contributed by atoms with E-state index in [9.17, 15) is 0 Å². The van der Waals surface area contributed by atoms with Crippen LogP contribution in [-0.4, -0.2) is 6.04 Å². The Hall–Kier alpha value is -1.02. The average molecular weight is 308 g/mol. The Morgan fingerprint density at radius 3 is 2.55 bits per heavy atom. The fraction of sp³-hybridized carbons (Fsp3) is 0.294. The predicted molar refractivity (Wildman–Crippen MR) is 79.3 cm³/mol. The Morgan fingerprint density at radius 1 is 1.05 bits per heavy atom. The van der Waals surface area contributed by atoms with Crippen LogP contribution in [0.2, 0.25) is 5.02 Å². The number of quaternary nitrogens is 1. The third-order valence-electron chi connectivity index (χ3n) is 4.19. The second-order valence-electron chi connectivity index (χ2n) is 5.40. The summed E-state index contributed by atoms with van der Waals surface area (Å²) in [7, 11) is 0. The van der Waals surface area contributed by atoms with Crippen LogP contribution < -0.4 is 18.1 Å². The van der Waals surface area contributed by atoms with E-state index >= 15 is 0 Å². The van der Waals surface area contributed by atoms with E-state index in [2.05, 4.69) is 48.2 Å². The number of hydrogen-bond acceptors (Lipinski definition) is 0. The highest BCUT2D eigenvalue weighted by atomic mass is 35.5. The van der Waals surface area contributed by atoms with Crippen molar-refractivity contribution in [2.24, 2.45) is 0 Å². The molecule has 3 N–H and O–H groups in total. The molecule has 2 atom stereocenters. The molecule has 0 fully saturated rings. The average Bonchev–Trinajstić information content (AvgIpc) is 2.43. The lowest BCUT2D eigenvalue weighted by Crippen LogP contribution is -3.00. The van der Waals surface area contributed by atoms with Gasteiger partial charge >= 0.3 is 0 Å². The van der Waals surface area contributed by atoms with Gasteiger partial charge in [-0.2, -0.15) is 0 Å². The van der Waals surface area contributed by atoms with Crippen LogP contribution in [0.5, 0.6) is 0 Å². The summed E-state index contributed by atoms with van der Waals surface area (Å²) in [6.45, 7) is 0. The van der Waals surface area contributed by atoms with Crippen LogP contribution in [0.15, 0.2) is 48.5 Å². The van der Waals surface area contributed by atoms with E-state index in [0.717, 1.165) is 24.3 Å². The Balaban J connectivity index is 0.00000147. The van der Waals surface area contributed by atoms with Crippen LogP contribution in [0.3, 0.4) is 0 Å². The molecule has 2 aromatic carbocycles. The quantitative estimate of drug-likeness (QED) is 0.822. The fourth-order valence-electron chi connectivity index (χ4n) is 3.12. The summed E-state index contributed by atoms with van der Waals surface area (Å²) in [5.74, 6) is 0.491. The number of rotatable bonds is 2.